The topological polar surface area (TPSA) is 165 Å². The molecule has 31 heavy (non-hydrogen) atoms. The molecule has 0 bridgehead atoms. The van der Waals surface area contributed by atoms with Crippen LogP contribution in [-0.4, -0.2) is 24.5 Å². The molecule has 0 amide bonds. The monoisotopic (exact) mass is 418 g/mol. The quantitative estimate of drug-likeness (QED) is 0.218. The van der Waals surface area contributed by atoms with Gasteiger partial charge in [0.15, 0.2) is 11.6 Å². The molecule has 10 heteroatoms. The molecular formula is C21H26N10. The molecule has 0 unspecified atom stereocenters. The number of hydrogen-bond donors (Lipinski definition) is 5. The first kappa shape index (κ1) is 20.5. The third-order valence-electron chi connectivity index (χ3n) is 4.93. The molecule has 2 aromatic heterocycles. The number of nitrogens with zero attached hydrogens (tertiary/aromatic N) is 5. The number of anilines is 2. The van der Waals surface area contributed by atoms with Crippen molar-refractivity contribution >= 4 is 11.6 Å². The normalized spacial score (nSPS) is 11.6. The van der Waals surface area contributed by atoms with Crippen molar-refractivity contribution in [1.82, 2.24) is 24.5 Å². The lowest BCUT2D eigenvalue weighted by Crippen LogP contribution is -2.54. The Labute approximate surface area is 179 Å². The van der Waals surface area contributed by atoms with E-state index < -0.39 is 5.79 Å². The molecule has 0 saturated heterocycles. The van der Waals surface area contributed by atoms with Crippen LogP contribution < -0.4 is 28.3 Å². The summed E-state index contributed by atoms with van der Waals surface area (Å²) in [6.07, 6.45) is 0. The Morgan fingerprint density at radius 1 is 0.935 bits per heavy atom. The van der Waals surface area contributed by atoms with E-state index in [-0.39, 0.29) is 0 Å². The molecule has 4 rings (SSSR count). The van der Waals surface area contributed by atoms with Crippen LogP contribution in [0.3, 0.4) is 0 Å². The Morgan fingerprint density at radius 2 is 1.65 bits per heavy atom. The van der Waals surface area contributed by atoms with E-state index in [0.717, 1.165) is 11.1 Å². The Kier molecular flexibility index (Phi) is 5.42. The van der Waals surface area contributed by atoms with Gasteiger partial charge < -0.3 is 11.1 Å². The molecule has 0 aliphatic rings. The van der Waals surface area contributed by atoms with Gasteiger partial charge in [-0.2, -0.15) is 5.10 Å². The van der Waals surface area contributed by atoms with Gasteiger partial charge in [-0.3, -0.25) is 26.4 Å². The Hall–Kier alpha value is -3.73. The highest BCUT2D eigenvalue weighted by molar-refractivity contribution is 5.54. The summed E-state index contributed by atoms with van der Waals surface area (Å²) in [6.45, 7) is 1.09. The highest BCUT2D eigenvalue weighted by atomic mass is 15.4. The first-order valence-electron chi connectivity index (χ1n) is 9.78. The summed E-state index contributed by atoms with van der Waals surface area (Å²) in [5, 5.41) is 16.5. The molecule has 0 spiro atoms. The van der Waals surface area contributed by atoms with E-state index in [0.29, 0.717) is 41.9 Å². The van der Waals surface area contributed by atoms with Crippen molar-refractivity contribution in [1.29, 1.82) is 0 Å². The van der Waals surface area contributed by atoms with Crippen molar-refractivity contribution in [2.75, 3.05) is 11.1 Å². The lowest BCUT2D eigenvalue weighted by Gasteiger charge is -2.14. The van der Waals surface area contributed by atoms with Crippen LogP contribution in [0.1, 0.15) is 16.8 Å². The second kappa shape index (κ2) is 8.19. The van der Waals surface area contributed by atoms with E-state index in [1.54, 1.807) is 10.7 Å². The molecule has 0 aliphatic carbocycles. The standard InChI is InChI=1S/C21H26N10/c1-30-19(27-28-20(30)26-12-14-5-3-2-4-6-14)17-11-18(21(23,24)25)29-31(17)13-15-7-9-16(22)10-8-15/h2-11H,12-13,22-25H2,1H3,(H,26,28). The van der Waals surface area contributed by atoms with Crippen molar-refractivity contribution in [3.05, 3.63) is 77.5 Å². The number of benzene rings is 2. The fourth-order valence-electron chi connectivity index (χ4n) is 3.21. The maximum atomic E-state index is 5.89. The van der Waals surface area contributed by atoms with Gasteiger partial charge in [0.05, 0.1) is 6.54 Å². The Morgan fingerprint density at radius 3 is 2.32 bits per heavy atom. The van der Waals surface area contributed by atoms with E-state index in [2.05, 4.69) is 20.6 Å². The average Bonchev–Trinajstić information content (AvgIpc) is 3.32. The lowest BCUT2D eigenvalue weighted by atomic mass is 10.2. The van der Waals surface area contributed by atoms with Gasteiger partial charge in [0.1, 0.15) is 11.4 Å². The first-order chi connectivity index (χ1) is 14.8. The molecule has 0 aliphatic heterocycles. The van der Waals surface area contributed by atoms with Gasteiger partial charge in [-0.05, 0) is 29.3 Å². The average molecular weight is 419 g/mol. The van der Waals surface area contributed by atoms with Crippen LogP contribution in [-0.2, 0) is 25.9 Å². The summed E-state index contributed by atoms with van der Waals surface area (Å²) >= 11 is 0. The van der Waals surface area contributed by atoms with Crippen LogP contribution in [0.4, 0.5) is 11.6 Å². The lowest BCUT2D eigenvalue weighted by molar-refractivity contribution is 0.462. The summed E-state index contributed by atoms with van der Waals surface area (Å²) in [7, 11) is 1.88. The summed E-state index contributed by atoms with van der Waals surface area (Å²) in [5.41, 5.74) is 27.4. The minimum atomic E-state index is -1.58. The minimum Gasteiger partial charge on any atom is -0.399 e. The maximum absolute atomic E-state index is 5.89. The molecule has 0 fully saturated rings. The minimum absolute atomic E-state index is 0.347. The van der Waals surface area contributed by atoms with E-state index in [1.165, 1.54) is 0 Å². The molecular weight excluding hydrogens is 392 g/mol. The summed E-state index contributed by atoms with van der Waals surface area (Å²) < 4.78 is 3.61. The summed E-state index contributed by atoms with van der Waals surface area (Å²) in [6, 6.07) is 19.3. The molecule has 0 saturated carbocycles. The third-order valence-corrected chi connectivity index (χ3v) is 4.93. The fourth-order valence-corrected chi connectivity index (χ4v) is 3.21. The second-order valence-electron chi connectivity index (χ2n) is 7.49. The number of nitrogens with one attached hydrogen (secondary N) is 1. The van der Waals surface area contributed by atoms with Gasteiger partial charge in [0.25, 0.3) is 0 Å². The molecule has 0 radical (unpaired) electrons. The van der Waals surface area contributed by atoms with Crippen molar-refractivity contribution in [3.8, 4) is 11.5 Å². The number of rotatable bonds is 7. The van der Waals surface area contributed by atoms with Crippen LogP contribution in [0.5, 0.6) is 0 Å². The van der Waals surface area contributed by atoms with Gasteiger partial charge in [0.2, 0.25) is 5.95 Å². The molecule has 160 valence electrons. The van der Waals surface area contributed by atoms with Crippen molar-refractivity contribution < 1.29 is 0 Å². The van der Waals surface area contributed by atoms with Crippen LogP contribution in [0.2, 0.25) is 0 Å². The van der Waals surface area contributed by atoms with E-state index >= 15 is 0 Å². The molecule has 10 nitrogen and oxygen atoms in total. The summed E-state index contributed by atoms with van der Waals surface area (Å²) in [5.74, 6) is -0.345. The van der Waals surface area contributed by atoms with E-state index in [9.17, 15) is 0 Å². The molecule has 4 aromatic rings. The van der Waals surface area contributed by atoms with Gasteiger partial charge in [-0.1, -0.05) is 42.5 Å². The molecule has 2 aromatic carbocycles. The first-order valence-corrected chi connectivity index (χ1v) is 9.78. The zero-order valence-electron chi connectivity index (χ0n) is 17.2. The van der Waals surface area contributed by atoms with Crippen LogP contribution in [0, 0.1) is 0 Å². The highest BCUT2D eigenvalue weighted by Gasteiger charge is 2.24. The van der Waals surface area contributed by atoms with Crippen molar-refractivity contribution in [3.63, 3.8) is 0 Å². The molecule has 9 N–H and O–H groups in total. The van der Waals surface area contributed by atoms with Crippen molar-refractivity contribution in [2.24, 2.45) is 24.2 Å². The van der Waals surface area contributed by atoms with Gasteiger partial charge in [0, 0.05) is 19.3 Å². The van der Waals surface area contributed by atoms with Gasteiger partial charge >= 0.3 is 0 Å². The number of nitrogen functional groups attached to an aromatic ring is 1. The highest BCUT2D eigenvalue weighted by Crippen LogP contribution is 2.24. The Balaban J connectivity index is 1.65. The molecule has 0 atom stereocenters. The maximum Gasteiger partial charge on any atom is 0.224 e. The zero-order valence-corrected chi connectivity index (χ0v) is 17.2. The smallest absolute Gasteiger partial charge is 0.224 e. The second-order valence-corrected chi connectivity index (χ2v) is 7.49. The molecule has 2 heterocycles. The predicted octanol–water partition coefficient (Wildman–Crippen LogP) is 0.908. The largest absolute Gasteiger partial charge is 0.399 e. The Bertz CT molecular complexity index is 1150. The number of aromatic nitrogens is 5. The van der Waals surface area contributed by atoms with Crippen LogP contribution >= 0.6 is 0 Å². The number of nitrogens with two attached hydrogens (primary N) is 4. The summed E-state index contributed by atoms with van der Waals surface area (Å²) in [4.78, 5) is 0. The van der Waals surface area contributed by atoms with Crippen LogP contribution in [0.25, 0.3) is 11.5 Å². The zero-order chi connectivity index (χ0) is 22.0. The predicted molar refractivity (Wildman–Crippen MR) is 120 cm³/mol. The fraction of sp³-hybridized carbons (Fsp3) is 0.190. The van der Waals surface area contributed by atoms with Crippen molar-refractivity contribution in [2.45, 2.75) is 18.9 Å². The number of hydrogen-bond acceptors (Lipinski definition) is 8. The van der Waals surface area contributed by atoms with E-state index in [1.807, 2.05) is 66.2 Å². The third kappa shape index (κ3) is 4.56. The van der Waals surface area contributed by atoms with Gasteiger partial charge in [-0.25, -0.2) is 0 Å². The van der Waals surface area contributed by atoms with Gasteiger partial charge in [-0.15, -0.1) is 10.2 Å². The van der Waals surface area contributed by atoms with Crippen LogP contribution in [0.15, 0.2) is 60.7 Å². The SMILES string of the molecule is Cn1c(NCc2ccccc2)nnc1-c1cc(C(N)(N)N)nn1Cc1ccc(N)cc1. The van der Waals surface area contributed by atoms with E-state index in [4.69, 9.17) is 22.9 Å².